The molecule has 0 unspecified atom stereocenters. The maximum absolute atomic E-state index is 13.3. The minimum atomic E-state index is -1.65. The first-order valence-electron chi connectivity index (χ1n) is 7.35. The van der Waals surface area contributed by atoms with E-state index in [-0.39, 0.29) is 17.2 Å². The smallest absolute Gasteiger partial charge is 0.265 e. The summed E-state index contributed by atoms with van der Waals surface area (Å²) in [5.41, 5.74) is 0.149. The molecular weight excluding hydrogens is 365 g/mol. The minimum Gasteiger partial charge on any atom is -0.320 e. The second-order valence-corrected chi connectivity index (χ2v) is 6.13. The number of carbonyl (C=O) groups is 2. The lowest BCUT2D eigenvalue weighted by Gasteiger charge is -2.12. The van der Waals surface area contributed by atoms with Crippen molar-refractivity contribution in [2.24, 2.45) is 0 Å². The monoisotopic (exact) mass is 376 g/mol. The zero-order valence-electron chi connectivity index (χ0n) is 13.1. The highest BCUT2D eigenvalue weighted by molar-refractivity contribution is 7.12. The molecule has 0 saturated carbocycles. The van der Waals surface area contributed by atoms with Gasteiger partial charge in [-0.05, 0) is 35.7 Å². The van der Waals surface area contributed by atoms with E-state index in [1.165, 1.54) is 17.4 Å². The molecule has 0 aliphatic heterocycles. The molecule has 26 heavy (non-hydrogen) atoms. The van der Waals surface area contributed by atoms with Gasteiger partial charge in [0.15, 0.2) is 17.5 Å². The van der Waals surface area contributed by atoms with Crippen LogP contribution >= 0.6 is 11.3 Å². The van der Waals surface area contributed by atoms with Gasteiger partial charge in [0.2, 0.25) is 0 Å². The fourth-order valence-corrected chi connectivity index (χ4v) is 2.79. The maximum Gasteiger partial charge on any atom is 0.265 e. The number of para-hydroxylation sites is 2. The average molecular weight is 376 g/mol. The van der Waals surface area contributed by atoms with Crippen molar-refractivity contribution >= 4 is 34.5 Å². The van der Waals surface area contributed by atoms with Crippen LogP contribution in [-0.4, -0.2) is 11.8 Å². The number of hydrogen-bond donors (Lipinski definition) is 2. The lowest BCUT2D eigenvalue weighted by atomic mass is 10.1. The first-order chi connectivity index (χ1) is 12.5. The molecule has 2 N–H and O–H groups in total. The molecule has 0 atom stereocenters. The number of amides is 2. The molecule has 0 fully saturated rings. The van der Waals surface area contributed by atoms with Crippen molar-refractivity contribution in [2.45, 2.75) is 0 Å². The molecule has 4 nitrogen and oxygen atoms in total. The van der Waals surface area contributed by atoms with Crippen molar-refractivity contribution in [3.8, 4) is 0 Å². The van der Waals surface area contributed by atoms with Crippen LogP contribution in [0.4, 0.5) is 24.5 Å². The molecule has 3 rings (SSSR count). The molecular formula is C18H11F3N2O2S. The number of thiophene rings is 1. The third-order valence-electron chi connectivity index (χ3n) is 3.41. The third-order valence-corrected chi connectivity index (χ3v) is 4.28. The Kier molecular flexibility index (Phi) is 5.04. The van der Waals surface area contributed by atoms with E-state index in [4.69, 9.17) is 0 Å². The van der Waals surface area contributed by atoms with E-state index in [2.05, 4.69) is 10.6 Å². The van der Waals surface area contributed by atoms with Crippen LogP contribution in [0.5, 0.6) is 0 Å². The Bertz CT molecular complexity index is 951. The van der Waals surface area contributed by atoms with Gasteiger partial charge in [0.1, 0.15) is 0 Å². The molecule has 0 aliphatic rings. The van der Waals surface area contributed by atoms with Gasteiger partial charge < -0.3 is 10.6 Å². The van der Waals surface area contributed by atoms with E-state index in [0.29, 0.717) is 22.7 Å². The van der Waals surface area contributed by atoms with Crippen LogP contribution in [0.15, 0.2) is 53.9 Å². The Morgan fingerprint density at radius 3 is 1.92 bits per heavy atom. The summed E-state index contributed by atoms with van der Waals surface area (Å²) >= 11 is 1.25. The highest BCUT2D eigenvalue weighted by Crippen LogP contribution is 2.24. The summed E-state index contributed by atoms with van der Waals surface area (Å²) in [4.78, 5) is 24.9. The summed E-state index contributed by atoms with van der Waals surface area (Å²) < 4.78 is 39.6. The minimum absolute atomic E-state index is 0.229. The van der Waals surface area contributed by atoms with Gasteiger partial charge in [-0.1, -0.05) is 18.2 Å². The largest absolute Gasteiger partial charge is 0.320 e. The quantitative estimate of drug-likeness (QED) is 0.650. The molecule has 3 aromatic rings. The fraction of sp³-hybridized carbons (Fsp3) is 0. The molecule has 0 radical (unpaired) electrons. The zero-order valence-corrected chi connectivity index (χ0v) is 13.9. The van der Waals surface area contributed by atoms with Crippen LogP contribution in [0.2, 0.25) is 0 Å². The Labute approximate surface area is 150 Å². The van der Waals surface area contributed by atoms with Crippen molar-refractivity contribution < 1.29 is 22.8 Å². The summed E-state index contributed by atoms with van der Waals surface area (Å²) in [6.45, 7) is 0. The van der Waals surface area contributed by atoms with Gasteiger partial charge in [-0.3, -0.25) is 9.59 Å². The van der Waals surface area contributed by atoms with E-state index >= 15 is 0 Å². The van der Waals surface area contributed by atoms with Crippen LogP contribution in [0.1, 0.15) is 20.0 Å². The second-order valence-electron chi connectivity index (χ2n) is 5.19. The standard InChI is InChI=1S/C18H11F3N2O2S/c19-11-8-10(9-12(20)16(11)21)17(24)22-13-4-1-2-5-14(13)23-18(25)15-6-3-7-26-15/h1-9H,(H,22,24)(H,23,25). The predicted molar refractivity (Wildman–Crippen MR) is 93.0 cm³/mol. The Morgan fingerprint density at radius 1 is 0.808 bits per heavy atom. The lowest BCUT2D eigenvalue weighted by Crippen LogP contribution is -2.16. The fourth-order valence-electron chi connectivity index (χ4n) is 2.17. The molecule has 0 bridgehead atoms. The summed E-state index contributed by atoms with van der Waals surface area (Å²) in [5, 5.41) is 6.85. The third kappa shape index (κ3) is 3.75. The van der Waals surface area contributed by atoms with Crippen LogP contribution in [0.3, 0.4) is 0 Å². The Hall–Kier alpha value is -3.13. The number of halogens is 3. The van der Waals surface area contributed by atoms with E-state index in [1.54, 1.807) is 35.7 Å². The molecule has 0 spiro atoms. The number of hydrogen-bond acceptors (Lipinski definition) is 3. The second kappa shape index (κ2) is 7.40. The van der Waals surface area contributed by atoms with Gasteiger partial charge in [-0.25, -0.2) is 13.2 Å². The summed E-state index contributed by atoms with van der Waals surface area (Å²) in [6, 6.07) is 10.9. The molecule has 8 heteroatoms. The van der Waals surface area contributed by atoms with Crippen molar-refractivity contribution in [1.29, 1.82) is 0 Å². The Balaban J connectivity index is 1.82. The first-order valence-corrected chi connectivity index (χ1v) is 8.23. The number of anilines is 2. The van der Waals surface area contributed by atoms with Crippen LogP contribution in [-0.2, 0) is 0 Å². The summed E-state index contributed by atoms with van der Waals surface area (Å²) in [6.07, 6.45) is 0. The number of carbonyl (C=O) groups excluding carboxylic acids is 2. The molecule has 132 valence electrons. The summed E-state index contributed by atoms with van der Waals surface area (Å²) in [7, 11) is 0. The average Bonchev–Trinajstić information content (AvgIpc) is 3.15. The van der Waals surface area contributed by atoms with E-state index in [9.17, 15) is 22.8 Å². The topological polar surface area (TPSA) is 58.2 Å². The van der Waals surface area contributed by atoms with Crippen molar-refractivity contribution in [1.82, 2.24) is 0 Å². The molecule has 0 saturated heterocycles. The van der Waals surface area contributed by atoms with Gasteiger partial charge in [0.25, 0.3) is 11.8 Å². The van der Waals surface area contributed by atoms with Crippen LogP contribution in [0.25, 0.3) is 0 Å². The van der Waals surface area contributed by atoms with Crippen LogP contribution in [0, 0.1) is 17.5 Å². The predicted octanol–water partition coefficient (Wildman–Crippen LogP) is 4.67. The zero-order chi connectivity index (χ0) is 18.7. The molecule has 2 amide bonds. The van der Waals surface area contributed by atoms with Crippen molar-refractivity contribution in [3.63, 3.8) is 0 Å². The van der Waals surface area contributed by atoms with Crippen LogP contribution < -0.4 is 10.6 Å². The van der Waals surface area contributed by atoms with E-state index in [0.717, 1.165) is 0 Å². The first kappa shape index (κ1) is 17.7. The highest BCUT2D eigenvalue weighted by atomic mass is 32.1. The molecule has 1 heterocycles. The number of benzene rings is 2. The number of rotatable bonds is 4. The van der Waals surface area contributed by atoms with E-state index in [1.807, 2.05) is 0 Å². The molecule has 2 aromatic carbocycles. The SMILES string of the molecule is O=C(Nc1ccccc1NC(=O)c1cccs1)c1cc(F)c(F)c(F)c1. The van der Waals surface area contributed by atoms with Gasteiger partial charge in [0.05, 0.1) is 16.3 Å². The summed E-state index contributed by atoms with van der Waals surface area (Å²) in [5.74, 6) is -5.78. The normalized spacial score (nSPS) is 10.4. The van der Waals surface area contributed by atoms with Gasteiger partial charge in [-0.2, -0.15) is 0 Å². The van der Waals surface area contributed by atoms with Gasteiger partial charge in [0, 0.05) is 5.56 Å². The maximum atomic E-state index is 13.3. The number of nitrogens with one attached hydrogen (secondary N) is 2. The molecule has 0 aliphatic carbocycles. The van der Waals surface area contributed by atoms with Crippen molar-refractivity contribution in [3.05, 3.63) is 81.8 Å². The highest BCUT2D eigenvalue weighted by Gasteiger charge is 2.17. The Morgan fingerprint density at radius 2 is 1.38 bits per heavy atom. The van der Waals surface area contributed by atoms with Gasteiger partial charge >= 0.3 is 0 Å². The van der Waals surface area contributed by atoms with Crippen molar-refractivity contribution in [2.75, 3.05) is 10.6 Å². The van der Waals surface area contributed by atoms with E-state index < -0.39 is 23.4 Å². The van der Waals surface area contributed by atoms with Gasteiger partial charge in [-0.15, -0.1) is 11.3 Å². The molecule has 1 aromatic heterocycles. The lowest BCUT2D eigenvalue weighted by molar-refractivity contribution is 0.101.